The Balaban J connectivity index is 2.54. The van der Waals surface area contributed by atoms with Crippen LogP contribution in [0.1, 0.15) is 25.8 Å². The molecule has 0 aliphatic heterocycles. The van der Waals surface area contributed by atoms with E-state index in [1.54, 1.807) is 0 Å². The maximum absolute atomic E-state index is 3.45. The van der Waals surface area contributed by atoms with Crippen LogP contribution in [-0.4, -0.2) is 13.1 Å². The minimum absolute atomic E-state index is 0.589. The van der Waals surface area contributed by atoms with E-state index in [1.807, 2.05) is 7.05 Å². The van der Waals surface area contributed by atoms with Crippen molar-refractivity contribution in [3.8, 4) is 0 Å². The maximum Gasteiger partial charge on any atom is 0.0175 e. The van der Waals surface area contributed by atoms with Crippen LogP contribution in [0.2, 0.25) is 0 Å². The highest BCUT2D eigenvalue weighted by molar-refractivity contribution is 9.10. The van der Waals surface area contributed by atoms with Crippen LogP contribution >= 0.6 is 15.9 Å². The van der Waals surface area contributed by atoms with E-state index >= 15 is 0 Å². The largest absolute Gasteiger partial charge is 0.317 e. The molecule has 0 aromatic heterocycles. The summed E-state index contributed by atoms with van der Waals surface area (Å²) < 4.78 is 1.15. The molecule has 1 rings (SSSR count). The zero-order valence-electron chi connectivity index (χ0n) is 9.76. The number of benzene rings is 1. The highest BCUT2D eigenvalue weighted by Gasteiger charge is 2.09. The molecule has 0 bridgehead atoms. The standard InChI is InChI=1S/C13H20BrN/c1-10(2)8-13(15-3)9-11-4-6-12(14)7-5-11/h4-7,10,13,15H,8-9H2,1-3H3. The summed E-state index contributed by atoms with van der Waals surface area (Å²) in [6, 6.07) is 9.18. The summed E-state index contributed by atoms with van der Waals surface area (Å²) in [7, 11) is 2.05. The average Bonchev–Trinajstić information content (AvgIpc) is 2.19. The summed E-state index contributed by atoms with van der Waals surface area (Å²) in [5.74, 6) is 0.748. The third kappa shape index (κ3) is 4.80. The molecule has 0 aliphatic carbocycles. The van der Waals surface area contributed by atoms with Crippen LogP contribution in [0.4, 0.5) is 0 Å². The van der Waals surface area contributed by atoms with E-state index in [0.29, 0.717) is 6.04 Å². The van der Waals surface area contributed by atoms with Gasteiger partial charge in [0, 0.05) is 10.5 Å². The van der Waals surface area contributed by atoms with Crippen molar-refractivity contribution in [2.24, 2.45) is 5.92 Å². The van der Waals surface area contributed by atoms with Gasteiger partial charge in [0.15, 0.2) is 0 Å². The quantitative estimate of drug-likeness (QED) is 0.861. The average molecular weight is 270 g/mol. The van der Waals surface area contributed by atoms with Gasteiger partial charge in [0.1, 0.15) is 0 Å². The summed E-state index contributed by atoms with van der Waals surface area (Å²) in [4.78, 5) is 0. The van der Waals surface area contributed by atoms with Crippen LogP contribution in [0, 0.1) is 5.92 Å². The van der Waals surface area contributed by atoms with Gasteiger partial charge >= 0.3 is 0 Å². The molecule has 1 nitrogen and oxygen atoms in total. The fourth-order valence-corrected chi connectivity index (χ4v) is 2.04. The van der Waals surface area contributed by atoms with Crippen LogP contribution < -0.4 is 5.32 Å². The van der Waals surface area contributed by atoms with Crippen molar-refractivity contribution < 1.29 is 0 Å². The molecule has 2 heteroatoms. The van der Waals surface area contributed by atoms with Gasteiger partial charge in [0.2, 0.25) is 0 Å². The molecule has 1 aromatic rings. The van der Waals surface area contributed by atoms with Crippen LogP contribution in [-0.2, 0) is 6.42 Å². The molecule has 1 atom stereocenters. The zero-order valence-corrected chi connectivity index (χ0v) is 11.3. The third-order valence-corrected chi connectivity index (χ3v) is 3.09. The Labute approximate surface area is 101 Å². The number of rotatable bonds is 5. The first kappa shape index (κ1) is 12.7. The number of likely N-dealkylation sites (N-methyl/N-ethyl adjacent to an activating group) is 1. The monoisotopic (exact) mass is 269 g/mol. The molecule has 84 valence electrons. The highest BCUT2D eigenvalue weighted by Crippen LogP contribution is 2.14. The lowest BCUT2D eigenvalue weighted by molar-refractivity contribution is 0.441. The maximum atomic E-state index is 3.45. The first-order valence-electron chi connectivity index (χ1n) is 5.53. The second-order valence-corrected chi connectivity index (χ2v) is 5.36. The Morgan fingerprint density at radius 1 is 1.20 bits per heavy atom. The fraction of sp³-hybridized carbons (Fsp3) is 0.538. The second-order valence-electron chi connectivity index (χ2n) is 4.45. The summed E-state index contributed by atoms with van der Waals surface area (Å²) in [5.41, 5.74) is 1.40. The summed E-state index contributed by atoms with van der Waals surface area (Å²) in [5, 5.41) is 3.38. The Morgan fingerprint density at radius 3 is 2.27 bits per heavy atom. The van der Waals surface area contributed by atoms with Crippen LogP contribution in [0.25, 0.3) is 0 Å². The number of hydrogen-bond acceptors (Lipinski definition) is 1. The van der Waals surface area contributed by atoms with Crippen LogP contribution in [0.5, 0.6) is 0 Å². The predicted octanol–water partition coefficient (Wildman–Crippen LogP) is 3.63. The van der Waals surface area contributed by atoms with Crippen LogP contribution in [0.15, 0.2) is 28.7 Å². The number of halogens is 1. The van der Waals surface area contributed by atoms with Crippen molar-refractivity contribution in [1.82, 2.24) is 5.32 Å². The van der Waals surface area contributed by atoms with Gasteiger partial charge in [-0.3, -0.25) is 0 Å². The first-order chi connectivity index (χ1) is 7.11. The van der Waals surface area contributed by atoms with Gasteiger partial charge in [-0.25, -0.2) is 0 Å². The lowest BCUT2D eigenvalue weighted by Crippen LogP contribution is -2.29. The van der Waals surface area contributed by atoms with Crippen molar-refractivity contribution >= 4 is 15.9 Å². The van der Waals surface area contributed by atoms with Crippen molar-refractivity contribution in [3.63, 3.8) is 0 Å². The topological polar surface area (TPSA) is 12.0 Å². The van der Waals surface area contributed by atoms with E-state index in [9.17, 15) is 0 Å². The first-order valence-corrected chi connectivity index (χ1v) is 6.33. The zero-order chi connectivity index (χ0) is 11.3. The summed E-state index contributed by atoms with van der Waals surface area (Å²) >= 11 is 3.45. The molecule has 0 saturated heterocycles. The van der Waals surface area contributed by atoms with E-state index < -0.39 is 0 Å². The Hall–Kier alpha value is -0.340. The van der Waals surface area contributed by atoms with Crippen molar-refractivity contribution in [2.75, 3.05) is 7.05 Å². The van der Waals surface area contributed by atoms with Gasteiger partial charge in [-0.15, -0.1) is 0 Å². The molecular formula is C13H20BrN. The Bertz CT molecular complexity index is 279. The van der Waals surface area contributed by atoms with Crippen molar-refractivity contribution in [1.29, 1.82) is 0 Å². The second kappa shape index (κ2) is 6.29. The van der Waals surface area contributed by atoms with E-state index in [4.69, 9.17) is 0 Å². The molecule has 0 saturated carbocycles. The molecule has 1 N–H and O–H groups in total. The van der Waals surface area contributed by atoms with Gasteiger partial charge < -0.3 is 5.32 Å². The van der Waals surface area contributed by atoms with Crippen LogP contribution in [0.3, 0.4) is 0 Å². The third-order valence-electron chi connectivity index (χ3n) is 2.56. The minimum atomic E-state index is 0.589. The van der Waals surface area contributed by atoms with E-state index in [2.05, 4.69) is 59.4 Å². The van der Waals surface area contributed by atoms with Gasteiger partial charge in [-0.2, -0.15) is 0 Å². The van der Waals surface area contributed by atoms with Crippen molar-refractivity contribution in [3.05, 3.63) is 34.3 Å². The predicted molar refractivity (Wildman–Crippen MR) is 70.1 cm³/mol. The fourth-order valence-electron chi connectivity index (χ4n) is 1.78. The molecular weight excluding hydrogens is 250 g/mol. The molecule has 0 fully saturated rings. The summed E-state index contributed by atoms with van der Waals surface area (Å²) in [6.45, 7) is 4.54. The summed E-state index contributed by atoms with van der Waals surface area (Å²) in [6.07, 6.45) is 2.34. The van der Waals surface area contributed by atoms with Crippen molar-refractivity contribution in [2.45, 2.75) is 32.7 Å². The van der Waals surface area contributed by atoms with E-state index in [-0.39, 0.29) is 0 Å². The molecule has 0 aliphatic rings. The normalized spacial score (nSPS) is 13.1. The molecule has 1 unspecified atom stereocenters. The van der Waals surface area contributed by atoms with Gasteiger partial charge in [-0.1, -0.05) is 41.9 Å². The van der Waals surface area contributed by atoms with Gasteiger partial charge in [0.05, 0.1) is 0 Å². The number of hydrogen-bond donors (Lipinski definition) is 1. The molecule has 1 aromatic carbocycles. The minimum Gasteiger partial charge on any atom is -0.317 e. The van der Waals surface area contributed by atoms with E-state index in [0.717, 1.165) is 16.8 Å². The van der Waals surface area contributed by atoms with Gasteiger partial charge in [0.25, 0.3) is 0 Å². The Morgan fingerprint density at radius 2 is 1.80 bits per heavy atom. The number of nitrogens with one attached hydrogen (secondary N) is 1. The highest BCUT2D eigenvalue weighted by atomic mass is 79.9. The molecule has 15 heavy (non-hydrogen) atoms. The molecule has 0 spiro atoms. The molecule has 0 amide bonds. The smallest absolute Gasteiger partial charge is 0.0175 e. The lowest BCUT2D eigenvalue weighted by atomic mass is 9.97. The lowest BCUT2D eigenvalue weighted by Gasteiger charge is -2.18. The van der Waals surface area contributed by atoms with E-state index in [1.165, 1.54) is 12.0 Å². The van der Waals surface area contributed by atoms with Gasteiger partial charge in [-0.05, 0) is 43.5 Å². The Kier molecular flexibility index (Phi) is 5.34. The molecule has 0 radical (unpaired) electrons. The SMILES string of the molecule is CNC(Cc1ccc(Br)cc1)CC(C)C. The molecule has 0 heterocycles.